The van der Waals surface area contributed by atoms with Gasteiger partial charge < -0.3 is 10.1 Å². The van der Waals surface area contributed by atoms with Gasteiger partial charge in [-0.2, -0.15) is 4.31 Å². The number of ether oxygens (including phenoxy) is 1. The molecule has 1 atom stereocenters. The van der Waals surface area contributed by atoms with Gasteiger partial charge in [0.1, 0.15) is 0 Å². The van der Waals surface area contributed by atoms with Gasteiger partial charge in [-0.3, -0.25) is 4.79 Å². The Bertz CT molecular complexity index is 1050. The monoisotopic (exact) mass is 484 g/mol. The van der Waals surface area contributed by atoms with Gasteiger partial charge in [-0.05, 0) is 62.2 Å². The minimum Gasteiger partial charge on any atom is -0.449 e. The van der Waals surface area contributed by atoms with E-state index in [9.17, 15) is 18.0 Å². The van der Waals surface area contributed by atoms with E-state index in [-0.39, 0.29) is 10.5 Å². The lowest BCUT2D eigenvalue weighted by Crippen LogP contribution is -2.35. The molecule has 0 saturated carbocycles. The average Bonchev–Trinajstić information content (AvgIpc) is 2.73. The number of carbonyl (C=O) groups excluding carboxylic acids is 2. The molecule has 1 amide bonds. The van der Waals surface area contributed by atoms with Crippen LogP contribution in [-0.4, -0.2) is 43.8 Å². The molecule has 3 rings (SSSR count). The van der Waals surface area contributed by atoms with Gasteiger partial charge >= 0.3 is 5.97 Å². The molecule has 1 N–H and O–H groups in total. The lowest BCUT2D eigenvalue weighted by Gasteiger charge is -2.25. The first kappa shape index (κ1) is 23.5. The van der Waals surface area contributed by atoms with E-state index in [0.717, 1.165) is 19.3 Å². The molecule has 0 unspecified atom stereocenters. The summed E-state index contributed by atoms with van der Waals surface area (Å²) < 4.78 is 32.0. The summed E-state index contributed by atoms with van der Waals surface area (Å²) in [4.78, 5) is 24.8. The van der Waals surface area contributed by atoms with Crippen LogP contribution in [-0.2, 0) is 19.6 Å². The summed E-state index contributed by atoms with van der Waals surface area (Å²) in [6, 6.07) is 10.1. The summed E-state index contributed by atoms with van der Waals surface area (Å²) in [6.07, 6.45) is 1.60. The molecule has 1 aliphatic rings. The summed E-state index contributed by atoms with van der Waals surface area (Å²) in [5.41, 5.74) is 0.515. The van der Waals surface area contributed by atoms with E-state index in [4.69, 9.17) is 27.9 Å². The van der Waals surface area contributed by atoms with Crippen LogP contribution in [0.25, 0.3) is 0 Å². The Morgan fingerprint density at radius 3 is 2.16 bits per heavy atom. The third-order valence-corrected chi connectivity index (χ3v) is 7.18. The number of nitrogens with one attached hydrogen (secondary N) is 1. The molecule has 2 aromatic rings. The molecular weight excluding hydrogens is 463 g/mol. The number of sulfonamides is 1. The van der Waals surface area contributed by atoms with Crippen LogP contribution in [0.15, 0.2) is 47.4 Å². The highest BCUT2D eigenvalue weighted by molar-refractivity contribution is 7.89. The van der Waals surface area contributed by atoms with Crippen LogP contribution in [0.2, 0.25) is 10.0 Å². The Hall–Kier alpha value is -2.13. The van der Waals surface area contributed by atoms with Crippen LogP contribution < -0.4 is 5.32 Å². The molecule has 10 heteroatoms. The highest BCUT2D eigenvalue weighted by Gasteiger charge is 2.26. The number of hydrogen-bond acceptors (Lipinski definition) is 5. The van der Waals surface area contributed by atoms with Crippen molar-refractivity contribution < 1.29 is 22.7 Å². The Morgan fingerprint density at radius 1 is 1.00 bits per heavy atom. The number of rotatable bonds is 6. The maximum absolute atomic E-state index is 12.7. The highest BCUT2D eigenvalue weighted by atomic mass is 35.5. The van der Waals surface area contributed by atoms with Crippen LogP contribution in [0.3, 0.4) is 0 Å². The number of anilines is 1. The normalized spacial score (nSPS) is 15.8. The van der Waals surface area contributed by atoms with Crippen LogP contribution in [0.1, 0.15) is 36.5 Å². The fourth-order valence-electron chi connectivity index (χ4n) is 3.17. The SMILES string of the molecule is C[C@H](OC(=O)c1ccc(S(=O)(=O)N2CCCCC2)cc1)C(=O)Nc1cc(Cl)cc(Cl)c1. The van der Waals surface area contributed by atoms with Gasteiger partial charge in [0, 0.05) is 28.8 Å². The van der Waals surface area contributed by atoms with Gasteiger partial charge in [0.2, 0.25) is 10.0 Å². The molecule has 1 saturated heterocycles. The fourth-order valence-corrected chi connectivity index (χ4v) is 5.21. The van der Waals surface area contributed by atoms with Gasteiger partial charge in [-0.15, -0.1) is 0 Å². The van der Waals surface area contributed by atoms with Crippen molar-refractivity contribution in [1.29, 1.82) is 0 Å². The van der Waals surface area contributed by atoms with E-state index in [2.05, 4.69) is 5.32 Å². The Labute approximate surface area is 191 Å². The maximum Gasteiger partial charge on any atom is 0.338 e. The molecule has 0 bridgehead atoms. The number of halogens is 2. The van der Waals surface area contributed by atoms with E-state index in [0.29, 0.717) is 28.8 Å². The molecule has 166 valence electrons. The Morgan fingerprint density at radius 2 is 1.58 bits per heavy atom. The number of piperidine rings is 1. The topological polar surface area (TPSA) is 92.8 Å². The average molecular weight is 485 g/mol. The van der Waals surface area contributed by atoms with Crippen LogP contribution in [0.4, 0.5) is 5.69 Å². The lowest BCUT2D eigenvalue weighted by molar-refractivity contribution is -0.123. The van der Waals surface area contributed by atoms with Crippen molar-refractivity contribution in [2.24, 2.45) is 0 Å². The van der Waals surface area contributed by atoms with Crippen molar-refractivity contribution in [2.45, 2.75) is 37.2 Å². The number of amides is 1. The number of nitrogens with zero attached hydrogens (tertiary/aromatic N) is 1. The second-order valence-electron chi connectivity index (χ2n) is 7.18. The highest BCUT2D eigenvalue weighted by Crippen LogP contribution is 2.23. The molecule has 0 spiro atoms. The van der Waals surface area contributed by atoms with Gasteiger partial charge in [0.25, 0.3) is 5.91 Å². The predicted octanol–water partition coefficient (Wildman–Crippen LogP) is 4.35. The molecule has 1 aliphatic heterocycles. The van der Waals surface area contributed by atoms with E-state index >= 15 is 0 Å². The second-order valence-corrected chi connectivity index (χ2v) is 9.99. The summed E-state index contributed by atoms with van der Waals surface area (Å²) >= 11 is 11.8. The number of benzene rings is 2. The zero-order valence-electron chi connectivity index (χ0n) is 16.8. The summed E-state index contributed by atoms with van der Waals surface area (Å²) in [5.74, 6) is -1.30. The predicted molar refractivity (Wildman–Crippen MR) is 119 cm³/mol. The third kappa shape index (κ3) is 5.98. The van der Waals surface area contributed by atoms with E-state index < -0.39 is 28.0 Å². The fraction of sp³-hybridized carbons (Fsp3) is 0.333. The summed E-state index contributed by atoms with van der Waals surface area (Å²) in [7, 11) is -3.59. The minimum atomic E-state index is -3.59. The van der Waals surface area contributed by atoms with Crippen molar-refractivity contribution >= 4 is 50.8 Å². The van der Waals surface area contributed by atoms with Gasteiger partial charge in [0.15, 0.2) is 6.10 Å². The van der Waals surface area contributed by atoms with E-state index in [1.165, 1.54) is 53.7 Å². The molecule has 1 heterocycles. The zero-order valence-corrected chi connectivity index (χ0v) is 19.1. The number of carbonyl (C=O) groups is 2. The second kappa shape index (κ2) is 9.99. The maximum atomic E-state index is 12.7. The van der Waals surface area contributed by atoms with Crippen molar-refractivity contribution in [3.8, 4) is 0 Å². The first-order chi connectivity index (χ1) is 14.7. The standard InChI is InChI=1S/C21H22Cl2N2O5S/c1-14(20(26)24-18-12-16(22)11-17(23)13-18)30-21(27)15-5-7-19(8-6-15)31(28,29)25-9-3-2-4-10-25/h5-8,11-14H,2-4,9-10H2,1H3,(H,24,26)/t14-/m0/s1. The Kier molecular flexibility index (Phi) is 7.59. The minimum absolute atomic E-state index is 0.120. The molecule has 0 aliphatic carbocycles. The number of esters is 1. The van der Waals surface area contributed by atoms with Gasteiger partial charge in [0.05, 0.1) is 10.5 Å². The quantitative estimate of drug-likeness (QED) is 0.615. The van der Waals surface area contributed by atoms with E-state index in [1.54, 1.807) is 0 Å². The van der Waals surface area contributed by atoms with Gasteiger partial charge in [-0.25, -0.2) is 13.2 Å². The smallest absolute Gasteiger partial charge is 0.338 e. The molecule has 0 radical (unpaired) electrons. The largest absolute Gasteiger partial charge is 0.449 e. The first-order valence-corrected chi connectivity index (χ1v) is 11.9. The molecule has 2 aromatic carbocycles. The summed E-state index contributed by atoms with van der Waals surface area (Å²) in [6.45, 7) is 2.42. The molecule has 7 nitrogen and oxygen atoms in total. The van der Waals surface area contributed by atoms with Crippen molar-refractivity contribution in [3.05, 3.63) is 58.1 Å². The molecule has 31 heavy (non-hydrogen) atoms. The van der Waals surface area contributed by atoms with E-state index in [1.807, 2.05) is 0 Å². The lowest BCUT2D eigenvalue weighted by atomic mass is 10.2. The van der Waals surface area contributed by atoms with Gasteiger partial charge in [-0.1, -0.05) is 29.6 Å². The van der Waals surface area contributed by atoms with Crippen molar-refractivity contribution in [2.75, 3.05) is 18.4 Å². The molecule has 0 aromatic heterocycles. The van der Waals surface area contributed by atoms with Crippen LogP contribution in [0.5, 0.6) is 0 Å². The van der Waals surface area contributed by atoms with Crippen LogP contribution >= 0.6 is 23.2 Å². The third-order valence-electron chi connectivity index (χ3n) is 4.83. The summed E-state index contributed by atoms with van der Waals surface area (Å²) in [5, 5.41) is 3.28. The number of hydrogen-bond donors (Lipinski definition) is 1. The molecule has 1 fully saturated rings. The first-order valence-electron chi connectivity index (χ1n) is 9.75. The van der Waals surface area contributed by atoms with Crippen molar-refractivity contribution in [3.63, 3.8) is 0 Å². The molecular formula is C21H22Cl2N2O5S. The Balaban J connectivity index is 1.62. The van der Waals surface area contributed by atoms with Crippen LogP contribution in [0, 0.1) is 0 Å². The zero-order chi connectivity index (χ0) is 22.6. The van der Waals surface area contributed by atoms with Crippen molar-refractivity contribution in [1.82, 2.24) is 4.31 Å².